The van der Waals surface area contributed by atoms with Crippen molar-refractivity contribution in [2.75, 3.05) is 5.32 Å². The minimum absolute atomic E-state index is 0.214. The highest BCUT2D eigenvalue weighted by molar-refractivity contribution is 7.89. The number of hydrogen-bond acceptors (Lipinski definition) is 4. The molecule has 2 rings (SSSR count). The molecule has 28 heavy (non-hydrogen) atoms. The van der Waals surface area contributed by atoms with Crippen molar-refractivity contribution in [1.29, 1.82) is 0 Å². The highest BCUT2D eigenvalue weighted by atomic mass is 35.5. The van der Waals surface area contributed by atoms with Gasteiger partial charge in [-0.1, -0.05) is 11.6 Å². The van der Waals surface area contributed by atoms with Crippen molar-refractivity contribution < 1.29 is 26.4 Å². The van der Waals surface area contributed by atoms with Crippen LogP contribution in [0, 0.1) is 13.8 Å². The first-order valence-corrected chi connectivity index (χ1v) is 9.79. The van der Waals surface area contributed by atoms with Crippen molar-refractivity contribution in [3.05, 3.63) is 40.4 Å². The van der Waals surface area contributed by atoms with Crippen molar-refractivity contribution in [3.63, 3.8) is 0 Å². The molecule has 2 N–H and O–H groups in total. The van der Waals surface area contributed by atoms with Gasteiger partial charge < -0.3 is 9.88 Å². The van der Waals surface area contributed by atoms with Gasteiger partial charge in [-0.25, -0.2) is 8.42 Å². The fraction of sp³-hybridized carbons (Fsp3) is 0.375. The van der Waals surface area contributed by atoms with Crippen LogP contribution >= 0.6 is 11.6 Å². The van der Waals surface area contributed by atoms with Crippen LogP contribution in [0.1, 0.15) is 28.8 Å². The van der Waals surface area contributed by atoms with Gasteiger partial charge >= 0.3 is 6.18 Å². The molecule has 0 aliphatic heterocycles. The van der Waals surface area contributed by atoms with E-state index in [0.29, 0.717) is 24.0 Å². The van der Waals surface area contributed by atoms with E-state index in [2.05, 4.69) is 10.3 Å². The normalized spacial score (nSPS) is 13.4. The number of nitrogens with one attached hydrogen (secondary N) is 2. The van der Waals surface area contributed by atoms with E-state index < -0.39 is 38.1 Å². The first-order valence-electron chi connectivity index (χ1n) is 7.93. The van der Waals surface area contributed by atoms with E-state index >= 15 is 0 Å². The maximum atomic E-state index is 12.7. The standard InChI is InChI=1S/C16H18ClF3N4O3S/c1-8-5-11(6-9(2)21-8)22-15(25)14-13(17)12(7-24(14)4)28(26,27)23-10(3)16(18,19)20/h5-7,10,23H,1-4H3,(H,21,22,25). The molecule has 2 heterocycles. The van der Waals surface area contributed by atoms with E-state index in [9.17, 15) is 26.4 Å². The summed E-state index contributed by atoms with van der Waals surface area (Å²) in [5, 5.41) is 2.09. The molecule has 0 aromatic carbocycles. The highest BCUT2D eigenvalue weighted by Crippen LogP contribution is 2.29. The van der Waals surface area contributed by atoms with Crippen LogP contribution in [0.2, 0.25) is 5.02 Å². The van der Waals surface area contributed by atoms with Crippen LogP contribution in [0.3, 0.4) is 0 Å². The number of sulfonamides is 1. The Labute approximate surface area is 165 Å². The topological polar surface area (TPSA) is 93.1 Å². The predicted molar refractivity (Wildman–Crippen MR) is 97.9 cm³/mol. The molecule has 0 radical (unpaired) electrons. The summed E-state index contributed by atoms with van der Waals surface area (Å²) in [6, 6.07) is 0.881. The van der Waals surface area contributed by atoms with Gasteiger partial charge in [0, 0.05) is 30.3 Å². The fourth-order valence-corrected chi connectivity index (χ4v) is 4.40. The maximum Gasteiger partial charge on any atom is 0.404 e. The Hall–Kier alpha value is -2.11. The summed E-state index contributed by atoms with van der Waals surface area (Å²) in [6.07, 6.45) is -3.79. The van der Waals surface area contributed by atoms with Crippen molar-refractivity contribution in [3.8, 4) is 0 Å². The zero-order valence-corrected chi connectivity index (χ0v) is 16.9. The van der Waals surface area contributed by atoms with Crippen molar-refractivity contribution >= 4 is 33.2 Å². The molecule has 0 bridgehead atoms. The maximum absolute atomic E-state index is 12.7. The number of carbonyl (C=O) groups is 1. The van der Waals surface area contributed by atoms with Crippen molar-refractivity contribution in [2.24, 2.45) is 7.05 Å². The first-order chi connectivity index (χ1) is 12.7. The number of pyridine rings is 1. The number of amides is 1. The Balaban J connectivity index is 2.36. The average Bonchev–Trinajstić information content (AvgIpc) is 2.80. The Bertz CT molecular complexity index is 999. The summed E-state index contributed by atoms with van der Waals surface area (Å²) in [5.74, 6) is -0.720. The summed E-state index contributed by atoms with van der Waals surface area (Å²) < 4.78 is 65.3. The van der Waals surface area contributed by atoms with Crippen LogP contribution in [0.4, 0.5) is 18.9 Å². The lowest BCUT2D eigenvalue weighted by Gasteiger charge is -2.16. The Morgan fingerprint density at radius 1 is 1.25 bits per heavy atom. The van der Waals surface area contributed by atoms with Crippen LogP contribution in [0.5, 0.6) is 0 Å². The van der Waals surface area contributed by atoms with Gasteiger partial charge in [0.2, 0.25) is 10.0 Å². The number of alkyl halides is 3. The third kappa shape index (κ3) is 4.83. The zero-order chi connectivity index (χ0) is 21.4. The third-order valence-electron chi connectivity index (χ3n) is 3.75. The number of aryl methyl sites for hydroxylation is 3. The van der Waals surface area contributed by atoms with Gasteiger partial charge in [-0.15, -0.1) is 0 Å². The fourth-order valence-electron chi connectivity index (χ4n) is 2.48. The minimum atomic E-state index is -4.77. The second kappa shape index (κ2) is 7.72. The summed E-state index contributed by atoms with van der Waals surface area (Å²) in [6.45, 7) is 4.13. The number of nitrogens with zero attached hydrogens (tertiary/aromatic N) is 2. The molecule has 1 atom stereocenters. The smallest absolute Gasteiger partial charge is 0.344 e. The molecule has 7 nitrogen and oxygen atoms in total. The van der Waals surface area contributed by atoms with Gasteiger partial charge in [0.1, 0.15) is 16.6 Å². The van der Waals surface area contributed by atoms with E-state index in [1.165, 1.54) is 11.8 Å². The van der Waals surface area contributed by atoms with E-state index in [0.717, 1.165) is 10.8 Å². The summed E-state index contributed by atoms with van der Waals surface area (Å²) >= 11 is 6.04. The Morgan fingerprint density at radius 2 is 1.79 bits per heavy atom. The molecule has 0 spiro atoms. The number of carbonyl (C=O) groups excluding carboxylic acids is 1. The van der Waals surface area contributed by atoms with E-state index in [1.807, 2.05) is 0 Å². The summed E-state index contributed by atoms with van der Waals surface area (Å²) in [5.41, 5.74) is 1.51. The molecule has 154 valence electrons. The number of halogens is 4. The molecule has 1 unspecified atom stereocenters. The third-order valence-corrected chi connectivity index (χ3v) is 5.80. The van der Waals surface area contributed by atoms with Crippen LogP contribution in [-0.4, -0.2) is 36.1 Å². The molecule has 1 amide bonds. The van der Waals surface area contributed by atoms with E-state index in [1.54, 1.807) is 26.0 Å². The molecule has 2 aromatic heterocycles. The number of rotatable bonds is 5. The first kappa shape index (κ1) is 22.2. The largest absolute Gasteiger partial charge is 0.404 e. The zero-order valence-electron chi connectivity index (χ0n) is 15.3. The molecule has 2 aromatic rings. The summed E-state index contributed by atoms with van der Waals surface area (Å²) in [7, 11) is -3.25. The molecule has 12 heteroatoms. The van der Waals surface area contributed by atoms with Crippen molar-refractivity contribution in [2.45, 2.75) is 37.9 Å². The van der Waals surface area contributed by atoms with Crippen LogP contribution < -0.4 is 10.0 Å². The molecule has 0 aliphatic carbocycles. The molecule has 0 saturated carbocycles. The van der Waals surface area contributed by atoms with E-state index in [-0.39, 0.29) is 5.69 Å². The predicted octanol–water partition coefficient (Wildman–Crippen LogP) is 3.17. The van der Waals surface area contributed by atoms with Gasteiger partial charge in [-0.3, -0.25) is 9.78 Å². The van der Waals surface area contributed by atoms with Gasteiger partial charge in [-0.2, -0.15) is 17.9 Å². The summed E-state index contributed by atoms with van der Waals surface area (Å²) in [4.78, 5) is 16.1. The Kier molecular flexibility index (Phi) is 6.12. The quantitative estimate of drug-likeness (QED) is 0.749. The SMILES string of the molecule is Cc1cc(NC(=O)c2c(Cl)c(S(=O)(=O)NC(C)C(F)(F)F)cn2C)cc(C)n1. The van der Waals surface area contributed by atoms with Crippen molar-refractivity contribution in [1.82, 2.24) is 14.3 Å². The highest BCUT2D eigenvalue weighted by Gasteiger charge is 2.40. The van der Waals surface area contributed by atoms with Gasteiger partial charge in [-0.05, 0) is 32.9 Å². The second-order valence-corrected chi connectivity index (χ2v) is 8.30. The van der Waals surface area contributed by atoms with Gasteiger partial charge in [0.05, 0.1) is 5.02 Å². The monoisotopic (exact) mass is 438 g/mol. The molecular weight excluding hydrogens is 421 g/mol. The minimum Gasteiger partial charge on any atom is -0.344 e. The second-order valence-electron chi connectivity index (χ2n) is 6.24. The van der Waals surface area contributed by atoms with E-state index in [4.69, 9.17) is 11.6 Å². The molecular formula is C16H18ClF3N4O3S. The lowest BCUT2D eigenvalue weighted by Crippen LogP contribution is -2.42. The van der Waals surface area contributed by atoms with Crippen LogP contribution in [0.15, 0.2) is 23.2 Å². The van der Waals surface area contributed by atoms with Crippen LogP contribution in [-0.2, 0) is 17.1 Å². The number of hydrogen-bond donors (Lipinski definition) is 2. The van der Waals surface area contributed by atoms with Gasteiger partial charge in [0.25, 0.3) is 5.91 Å². The lowest BCUT2D eigenvalue weighted by molar-refractivity contribution is -0.147. The Morgan fingerprint density at radius 3 is 2.29 bits per heavy atom. The van der Waals surface area contributed by atoms with Crippen LogP contribution in [0.25, 0.3) is 0 Å². The molecule has 0 fully saturated rings. The number of anilines is 1. The molecule has 0 saturated heterocycles. The van der Waals surface area contributed by atoms with Gasteiger partial charge in [0.15, 0.2) is 0 Å². The average molecular weight is 439 g/mol. The lowest BCUT2D eigenvalue weighted by atomic mass is 10.2. The molecule has 0 aliphatic rings. The number of aromatic nitrogens is 2.